The Kier molecular flexibility index (Phi) is 8.80. The zero-order valence-electron chi connectivity index (χ0n) is 16.9. The van der Waals surface area contributed by atoms with E-state index in [0.717, 1.165) is 31.7 Å². The fourth-order valence-corrected chi connectivity index (χ4v) is 4.35. The maximum Gasteiger partial charge on any atom is 0.237 e. The zero-order valence-corrected chi connectivity index (χ0v) is 18.6. The highest BCUT2D eigenvalue weighted by Gasteiger charge is 2.31. The van der Waals surface area contributed by atoms with Crippen molar-refractivity contribution in [2.45, 2.75) is 39.7 Å². The number of ether oxygens (including phenoxy) is 1. The van der Waals surface area contributed by atoms with Gasteiger partial charge >= 0.3 is 0 Å². The fourth-order valence-electron chi connectivity index (χ4n) is 3.43. The lowest BCUT2D eigenvalue weighted by Crippen LogP contribution is -2.46. The number of nitrogens with one attached hydrogen (secondary N) is 1. The molecule has 1 aliphatic rings. The first-order valence-corrected chi connectivity index (χ1v) is 10.7. The first-order valence-electron chi connectivity index (χ1n) is 9.84. The second-order valence-electron chi connectivity index (χ2n) is 7.42. The van der Waals surface area contributed by atoms with Crippen molar-refractivity contribution < 1.29 is 9.53 Å². The minimum Gasteiger partial charge on any atom is -0.491 e. The highest BCUT2D eigenvalue weighted by atomic mass is 35.5. The predicted molar refractivity (Wildman–Crippen MR) is 119 cm³/mol. The summed E-state index contributed by atoms with van der Waals surface area (Å²) in [6, 6.07) is 10.2. The second-order valence-corrected chi connectivity index (χ2v) is 8.42. The lowest BCUT2D eigenvalue weighted by atomic mass is 10.0. The normalized spacial score (nSPS) is 16.8. The summed E-state index contributed by atoms with van der Waals surface area (Å²) < 4.78 is 6.08. The maximum absolute atomic E-state index is 12.9. The molecule has 3 rings (SSSR count). The van der Waals surface area contributed by atoms with Crippen LogP contribution in [0.1, 0.15) is 42.3 Å². The Morgan fingerprint density at radius 1 is 1.39 bits per heavy atom. The number of benzene rings is 1. The van der Waals surface area contributed by atoms with Gasteiger partial charge in [-0.2, -0.15) is 0 Å². The van der Waals surface area contributed by atoms with Crippen molar-refractivity contribution in [3.05, 3.63) is 51.7 Å². The van der Waals surface area contributed by atoms with E-state index in [9.17, 15) is 4.79 Å². The maximum atomic E-state index is 12.9. The highest BCUT2D eigenvalue weighted by molar-refractivity contribution is 7.10. The van der Waals surface area contributed by atoms with Gasteiger partial charge in [0.25, 0.3) is 0 Å². The van der Waals surface area contributed by atoms with Gasteiger partial charge < -0.3 is 15.0 Å². The van der Waals surface area contributed by atoms with Crippen LogP contribution in [0.3, 0.4) is 0 Å². The quantitative estimate of drug-likeness (QED) is 0.674. The number of aryl methyl sites for hydroxylation is 1. The van der Waals surface area contributed by atoms with Crippen LogP contribution in [-0.2, 0) is 11.2 Å². The largest absolute Gasteiger partial charge is 0.491 e. The molecule has 2 unspecified atom stereocenters. The second kappa shape index (κ2) is 10.8. The van der Waals surface area contributed by atoms with E-state index in [2.05, 4.69) is 43.6 Å². The predicted octanol–water partition coefficient (Wildman–Crippen LogP) is 4.62. The van der Waals surface area contributed by atoms with Gasteiger partial charge in [0.1, 0.15) is 12.4 Å². The molecule has 0 aliphatic carbocycles. The van der Waals surface area contributed by atoms with Crippen molar-refractivity contribution in [2.75, 3.05) is 26.2 Å². The van der Waals surface area contributed by atoms with E-state index in [1.165, 1.54) is 16.0 Å². The molecule has 1 aromatic heterocycles. The third-order valence-corrected chi connectivity index (χ3v) is 6.28. The van der Waals surface area contributed by atoms with Crippen molar-refractivity contribution in [1.82, 2.24) is 10.2 Å². The number of thiophene rings is 1. The van der Waals surface area contributed by atoms with Crippen molar-refractivity contribution in [1.29, 1.82) is 0 Å². The van der Waals surface area contributed by atoms with Gasteiger partial charge in [0, 0.05) is 11.4 Å². The topological polar surface area (TPSA) is 41.6 Å². The Bertz CT molecular complexity index is 764. The molecule has 1 aliphatic heterocycles. The van der Waals surface area contributed by atoms with Crippen LogP contribution >= 0.6 is 23.7 Å². The SMILES string of the molecule is CCC(C)CNCC(=O)N1CCc2sccc2C1COc1cccc(C)c1.Cl. The van der Waals surface area contributed by atoms with Gasteiger partial charge in [-0.15, -0.1) is 23.7 Å². The third-order valence-electron chi connectivity index (χ3n) is 5.28. The van der Waals surface area contributed by atoms with E-state index >= 15 is 0 Å². The van der Waals surface area contributed by atoms with Crippen LogP contribution in [0.5, 0.6) is 5.75 Å². The van der Waals surface area contributed by atoms with E-state index < -0.39 is 0 Å². The van der Waals surface area contributed by atoms with Crippen molar-refractivity contribution in [3.63, 3.8) is 0 Å². The van der Waals surface area contributed by atoms with Gasteiger partial charge in [0.15, 0.2) is 0 Å². The number of carbonyl (C=O) groups is 1. The number of rotatable bonds is 8. The van der Waals surface area contributed by atoms with E-state index in [1.54, 1.807) is 11.3 Å². The number of hydrogen-bond donors (Lipinski definition) is 1. The highest BCUT2D eigenvalue weighted by Crippen LogP contribution is 2.33. The zero-order chi connectivity index (χ0) is 19.2. The molecule has 0 bridgehead atoms. The summed E-state index contributed by atoms with van der Waals surface area (Å²) in [5.41, 5.74) is 2.42. The van der Waals surface area contributed by atoms with Crippen molar-refractivity contribution in [3.8, 4) is 5.75 Å². The van der Waals surface area contributed by atoms with E-state index in [-0.39, 0.29) is 24.4 Å². The molecule has 2 heterocycles. The molecule has 154 valence electrons. The molecule has 1 N–H and O–H groups in total. The molecule has 2 aromatic rings. The summed E-state index contributed by atoms with van der Waals surface area (Å²) in [5.74, 6) is 1.61. The number of hydrogen-bond acceptors (Lipinski definition) is 4. The van der Waals surface area contributed by atoms with Crippen molar-refractivity contribution >= 4 is 29.7 Å². The first-order chi connectivity index (χ1) is 13.1. The molecule has 0 radical (unpaired) electrons. The average molecular weight is 423 g/mol. The van der Waals surface area contributed by atoms with Crippen LogP contribution in [0, 0.1) is 12.8 Å². The lowest BCUT2D eigenvalue weighted by Gasteiger charge is -2.36. The Hall–Kier alpha value is -1.56. The van der Waals surface area contributed by atoms with E-state index in [1.807, 2.05) is 23.1 Å². The molecule has 6 heteroatoms. The van der Waals surface area contributed by atoms with Gasteiger partial charge in [0.05, 0.1) is 12.6 Å². The molecule has 28 heavy (non-hydrogen) atoms. The molecular formula is C22H31ClN2O2S. The molecule has 0 spiro atoms. The molecule has 0 saturated heterocycles. The minimum absolute atomic E-state index is 0. The van der Waals surface area contributed by atoms with E-state index in [4.69, 9.17) is 4.74 Å². The van der Waals surface area contributed by atoms with E-state index in [0.29, 0.717) is 19.1 Å². The molecule has 0 saturated carbocycles. The van der Waals surface area contributed by atoms with Crippen LogP contribution in [-0.4, -0.2) is 37.0 Å². The van der Waals surface area contributed by atoms with Gasteiger partial charge in [-0.25, -0.2) is 0 Å². The Labute approximate surface area is 178 Å². The monoisotopic (exact) mass is 422 g/mol. The summed E-state index contributed by atoms with van der Waals surface area (Å²) in [6.45, 7) is 8.96. The summed E-state index contributed by atoms with van der Waals surface area (Å²) in [6.07, 6.45) is 2.06. The number of amides is 1. The van der Waals surface area contributed by atoms with Crippen LogP contribution in [0.2, 0.25) is 0 Å². The molecule has 0 fully saturated rings. The number of halogens is 1. The summed E-state index contributed by atoms with van der Waals surface area (Å²) in [5, 5.41) is 5.45. The smallest absolute Gasteiger partial charge is 0.237 e. The van der Waals surface area contributed by atoms with Crippen LogP contribution in [0.25, 0.3) is 0 Å². The van der Waals surface area contributed by atoms with Crippen LogP contribution < -0.4 is 10.1 Å². The standard InChI is InChI=1S/C22H30N2O2S.ClH/c1-4-16(2)13-23-14-22(25)24-10-8-21-19(9-11-27-21)20(24)15-26-18-7-5-6-17(3)12-18;/h5-7,9,11-12,16,20,23H,4,8,10,13-15H2,1-3H3;1H. The average Bonchev–Trinajstić information content (AvgIpc) is 3.14. The van der Waals surface area contributed by atoms with Crippen molar-refractivity contribution in [2.24, 2.45) is 5.92 Å². The molecule has 1 aromatic carbocycles. The summed E-state index contributed by atoms with van der Waals surface area (Å²) in [4.78, 5) is 16.3. The van der Waals surface area contributed by atoms with Gasteiger partial charge in [0.2, 0.25) is 5.91 Å². The molecule has 4 nitrogen and oxygen atoms in total. The Morgan fingerprint density at radius 3 is 2.96 bits per heavy atom. The summed E-state index contributed by atoms with van der Waals surface area (Å²) in [7, 11) is 0. The Balaban J connectivity index is 0.00000280. The number of nitrogens with zero attached hydrogens (tertiary/aromatic N) is 1. The summed E-state index contributed by atoms with van der Waals surface area (Å²) >= 11 is 1.78. The molecule has 2 atom stereocenters. The third kappa shape index (κ3) is 5.72. The molecule has 1 amide bonds. The van der Waals surface area contributed by atoms with Crippen LogP contribution in [0.4, 0.5) is 0 Å². The fraction of sp³-hybridized carbons (Fsp3) is 0.500. The first kappa shape index (κ1) is 22.7. The molecular weight excluding hydrogens is 392 g/mol. The number of fused-ring (bicyclic) bond motifs is 1. The minimum atomic E-state index is -0.0154. The number of carbonyl (C=O) groups excluding carboxylic acids is 1. The lowest BCUT2D eigenvalue weighted by molar-refractivity contribution is -0.133. The Morgan fingerprint density at radius 2 is 2.21 bits per heavy atom. The van der Waals surface area contributed by atoms with Crippen LogP contribution in [0.15, 0.2) is 35.7 Å². The van der Waals surface area contributed by atoms with Gasteiger partial charge in [-0.3, -0.25) is 4.79 Å². The van der Waals surface area contributed by atoms with Gasteiger partial charge in [-0.1, -0.05) is 32.4 Å². The van der Waals surface area contributed by atoms with Gasteiger partial charge in [-0.05, 0) is 60.5 Å².